The van der Waals surface area contributed by atoms with E-state index >= 15 is 0 Å². The van der Waals surface area contributed by atoms with Gasteiger partial charge in [-0.05, 0) is 36.4 Å². The molecule has 0 N–H and O–H groups in total. The highest BCUT2D eigenvalue weighted by molar-refractivity contribution is 7.99. The summed E-state index contributed by atoms with van der Waals surface area (Å²) in [6.45, 7) is 0. The van der Waals surface area contributed by atoms with Gasteiger partial charge in [-0.3, -0.25) is 0 Å². The smallest absolute Gasteiger partial charge is 0.213 e. The normalized spacial score (nSPS) is 10.1. The summed E-state index contributed by atoms with van der Waals surface area (Å²) in [4.78, 5) is 4.78. The summed E-state index contributed by atoms with van der Waals surface area (Å²) in [6.07, 6.45) is 0. The lowest BCUT2D eigenvalue weighted by Crippen LogP contribution is -1.85. The summed E-state index contributed by atoms with van der Waals surface area (Å²) < 4.78 is 17.9. The summed E-state index contributed by atoms with van der Waals surface area (Å²) >= 11 is 1.41. The van der Waals surface area contributed by atoms with E-state index in [0.717, 1.165) is 10.6 Å². The number of rotatable bonds is 3. The average molecular weight is 235 g/mol. The minimum absolute atomic E-state index is 0.460. The van der Waals surface area contributed by atoms with Crippen molar-refractivity contribution in [3.8, 4) is 5.75 Å². The van der Waals surface area contributed by atoms with Crippen LogP contribution in [0.5, 0.6) is 5.75 Å². The van der Waals surface area contributed by atoms with Gasteiger partial charge in [0.2, 0.25) is 5.95 Å². The molecule has 0 bridgehead atoms. The minimum Gasteiger partial charge on any atom is -0.497 e. The van der Waals surface area contributed by atoms with Crippen LogP contribution in [-0.2, 0) is 0 Å². The van der Waals surface area contributed by atoms with Crippen LogP contribution in [0.25, 0.3) is 0 Å². The monoisotopic (exact) mass is 235 g/mol. The van der Waals surface area contributed by atoms with Crippen LogP contribution in [0.3, 0.4) is 0 Å². The Morgan fingerprint density at radius 1 is 1.12 bits per heavy atom. The number of pyridine rings is 1. The maximum atomic E-state index is 12.8. The van der Waals surface area contributed by atoms with Crippen LogP contribution in [0, 0.1) is 5.95 Å². The molecular weight excluding hydrogens is 225 g/mol. The Bertz CT molecular complexity index is 473. The van der Waals surface area contributed by atoms with Gasteiger partial charge in [-0.25, -0.2) is 4.98 Å². The lowest BCUT2D eigenvalue weighted by Gasteiger charge is -2.02. The molecule has 16 heavy (non-hydrogen) atoms. The SMILES string of the molecule is COc1ccc(Sc2cccc(F)n2)cc1. The van der Waals surface area contributed by atoms with Crippen LogP contribution >= 0.6 is 11.8 Å². The minimum atomic E-state index is -0.460. The Kier molecular flexibility index (Phi) is 3.41. The molecule has 0 atom stereocenters. The molecule has 2 nitrogen and oxygen atoms in total. The van der Waals surface area contributed by atoms with E-state index in [9.17, 15) is 4.39 Å². The van der Waals surface area contributed by atoms with Crippen molar-refractivity contribution in [2.45, 2.75) is 9.92 Å². The Hall–Kier alpha value is -1.55. The fourth-order valence-electron chi connectivity index (χ4n) is 1.21. The molecule has 1 aromatic carbocycles. The Morgan fingerprint density at radius 2 is 1.88 bits per heavy atom. The summed E-state index contributed by atoms with van der Waals surface area (Å²) in [5.74, 6) is 0.343. The molecule has 0 amide bonds. The van der Waals surface area contributed by atoms with Crippen molar-refractivity contribution in [1.29, 1.82) is 0 Å². The first-order valence-electron chi connectivity index (χ1n) is 4.72. The number of halogens is 1. The standard InChI is InChI=1S/C12H10FNOS/c1-15-9-5-7-10(8-6-9)16-12-4-2-3-11(13)14-12/h2-8H,1H3. The highest BCUT2D eigenvalue weighted by atomic mass is 32.2. The molecule has 82 valence electrons. The third-order valence-corrected chi connectivity index (χ3v) is 2.92. The van der Waals surface area contributed by atoms with Crippen molar-refractivity contribution >= 4 is 11.8 Å². The number of methoxy groups -OCH3 is 1. The van der Waals surface area contributed by atoms with Crippen molar-refractivity contribution < 1.29 is 9.13 Å². The van der Waals surface area contributed by atoms with Gasteiger partial charge < -0.3 is 4.74 Å². The maximum Gasteiger partial charge on any atom is 0.213 e. The van der Waals surface area contributed by atoms with Gasteiger partial charge in [-0.15, -0.1) is 0 Å². The van der Waals surface area contributed by atoms with Gasteiger partial charge in [0.1, 0.15) is 10.8 Å². The van der Waals surface area contributed by atoms with Gasteiger partial charge in [-0.2, -0.15) is 4.39 Å². The topological polar surface area (TPSA) is 22.1 Å². The first kappa shape index (κ1) is 11.0. The first-order valence-corrected chi connectivity index (χ1v) is 5.54. The number of ether oxygens (including phenoxy) is 1. The third-order valence-electron chi connectivity index (χ3n) is 1.97. The Morgan fingerprint density at radius 3 is 2.50 bits per heavy atom. The molecule has 0 spiro atoms. The molecule has 0 unspecified atom stereocenters. The van der Waals surface area contributed by atoms with Gasteiger partial charge in [0.05, 0.1) is 7.11 Å². The van der Waals surface area contributed by atoms with Gasteiger partial charge >= 0.3 is 0 Å². The molecule has 0 saturated heterocycles. The predicted octanol–water partition coefficient (Wildman–Crippen LogP) is 3.38. The van der Waals surface area contributed by atoms with E-state index < -0.39 is 5.95 Å². The van der Waals surface area contributed by atoms with Crippen LogP contribution in [0.1, 0.15) is 0 Å². The molecule has 0 saturated carbocycles. The van der Waals surface area contributed by atoms with E-state index in [0.29, 0.717) is 5.03 Å². The van der Waals surface area contributed by atoms with E-state index in [1.807, 2.05) is 24.3 Å². The van der Waals surface area contributed by atoms with Crippen LogP contribution in [-0.4, -0.2) is 12.1 Å². The van der Waals surface area contributed by atoms with E-state index in [-0.39, 0.29) is 0 Å². The van der Waals surface area contributed by atoms with Crippen molar-refractivity contribution in [2.24, 2.45) is 0 Å². The van der Waals surface area contributed by atoms with E-state index in [2.05, 4.69) is 4.98 Å². The van der Waals surface area contributed by atoms with Crippen molar-refractivity contribution in [1.82, 2.24) is 4.98 Å². The largest absolute Gasteiger partial charge is 0.497 e. The van der Waals surface area contributed by atoms with Crippen molar-refractivity contribution in [2.75, 3.05) is 7.11 Å². The number of aromatic nitrogens is 1. The summed E-state index contributed by atoms with van der Waals surface area (Å²) in [5, 5.41) is 0.644. The van der Waals surface area contributed by atoms with E-state index in [4.69, 9.17) is 4.74 Å². The molecule has 0 aliphatic rings. The second-order valence-corrected chi connectivity index (χ2v) is 4.17. The van der Waals surface area contributed by atoms with E-state index in [1.54, 1.807) is 19.2 Å². The molecule has 0 radical (unpaired) electrons. The fourth-order valence-corrected chi connectivity index (χ4v) is 2.00. The molecule has 1 heterocycles. The second kappa shape index (κ2) is 4.99. The van der Waals surface area contributed by atoms with Crippen LogP contribution in [0.15, 0.2) is 52.4 Å². The maximum absolute atomic E-state index is 12.8. The number of hydrogen-bond acceptors (Lipinski definition) is 3. The summed E-state index contributed by atoms with van der Waals surface area (Å²) in [6, 6.07) is 12.3. The highest BCUT2D eigenvalue weighted by Gasteiger charge is 2.00. The zero-order chi connectivity index (χ0) is 11.4. The number of nitrogens with zero attached hydrogens (tertiary/aromatic N) is 1. The van der Waals surface area contributed by atoms with Gasteiger partial charge in [-0.1, -0.05) is 17.8 Å². The van der Waals surface area contributed by atoms with Crippen LogP contribution in [0.4, 0.5) is 4.39 Å². The number of benzene rings is 1. The highest BCUT2D eigenvalue weighted by Crippen LogP contribution is 2.27. The average Bonchev–Trinajstić information content (AvgIpc) is 2.30. The number of hydrogen-bond donors (Lipinski definition) is 0. The quantitative estimate of drug-likeness (QED) is 0.761. The molecule has 0 aliphatic carbocycles. The van der Waals surface area contributed by atoms with Crippen LogP contribution in [0.2, 0.25) is 0 Å². The van der Waals surface area contributed by atoms with Crippen molar-refractivity contribution in [3.05, 3.63) is 48.4 Å². The molecule has 1 aromatic heterocycles. The molecular formula is C12H10FNOS. The van der Waals surface area contributed by atoms with Crippen LogP contribution < -0.4 is 4.74 Å². The van der Waals surface area contributed by atoms with E-state index in [1.165, 1.54) is 17.8 Å². The molecule has 4 heteroatoms. The van der Waals surface area contributed by atoms with Gasteiger partial charge in [0.15, 0.2) is 0 Å². The van der Waals surface area contributed by atoms with Gasteiger partial charge in [0.25, 0.3) is 0 Å². The molecule has 0 fully saturated rings. The molecule has 2 aromatic rings. The molecule has 0 aliphatic heterocycles. The summed E-state index contributed by atoms with van der Waals surface area (Å²) in [7, 11) is 1.62. The fraction of sp³-hybridized carbons (Fsp3) is 0.0833. The lowest BCUT2D eigenvalue weighted by molar-refractivity contribution is 0.414. The Balaban J connectivity index is 2.14. The summed E-state index contributed by atoms with van der Waals surface area (Å²) in [5.41, 5.74) is 0. The second-order valence-electron chi connectivity index (χ2n) is 3.08. The van der Waals surface area contributed by atoms with Crippen molar-refractivity contribution in [3.63, 3.8) is 0 Å². The zero-order valence-electron chi connectivity index (χ0n) is 8.68. The lowest BCUT2D eigenvalue weighted by atomic mass is 10.3. The third kappa shape index (κ3) is 2.73. The first-order chi connectivity index (χ1) is 7.78. The zero-order valence-corrected chi connectivity index (χ0v) is 9.50. The Labute approximate surface area is 97.5 Å². The van der Waals surface area contributed by atoms with Gasteiger partial charge in [0, 0.05) is 4.90 Å². The predicted molar refractivity (Wildman–Crippen MR) is 61.3 cm³/mol. The molecule has 2 rings (SSSR count).